The van der Waals surface area contributed by atoms with Crippen molar-refractivity contribution in [1.82, 2.24) is 15.5 Å². The van der Waals surface area contributed by atoms with Gasteiger partial charge in [-0.3, -0.25) is 4.79 Å². The molecule has 6 nitrogen and oxygen atoms in total. The zero-order valence-corrected chi connectivity index (χ0v) is 14.5. The number of phenols is 1. The van der Waals surface area contributed by atoms with Crippen molar-refractivity contribution in [3.63, 3.8) is 0 Å². The molecule has 27 heavy (non-hydrogen) atoms. The summed E-state index contributed by atoms with van der Waals surface area (Å²) in [4.78, 5) is 13.9. The van der Waals surface area contributed by atoms with Gasteiger partial charge in [0, 0.05) is 24.2 Å². The minimum atomic E-state index is -4.53. The lowest BCUT2D eigenvalue weighted by atomic mass is 10.0. The normalized spacial score (nSPS) is 19.3. The molecule has 1 amide bonds. The average molecular weight is 378 g/mol. The molecule has 0 bridgehead atoms. The number of hydrogen-bond donors (Lipinski definition) is 2. The van der Waals surface area contributed by atoms with Gasteiger partial charge in [0.25, 0.3) is 0 Å². The molecule has 1 aromatic carbocycles. The van der Waals surface area contributed by atoms with Crippen molar-refractivity contribution in [1.29, 1.82) is 0 Å². The molecule has 0 saturated carbocycles. The van der Waals surface area contributed by atoms with E-state index in [1.165, 1.54) is 6.07 Å². The van der Waals surface area contributed by atoms with E-state index in [1.807, 2.05) is 4.90 Å². The van der Waals surface area contributed by atoms with E-state index < -0.39 is 17.5 Å². The lowest BCUT2D eigenvalue weighted by Crippen LogP contribution is -2.40. The van der Waals surface area contributed by atoms with E-state index in [0.717, 1.165) is 17.2 Å². The van der Waals surface area contributed by atoms with Gasteiger partial charge in [0.2, 0.25) is 5.91 Å². The van der Waals surface area contributed by atoms with Gasteiger partial charge in [0.1, 0.15) is 11.8 Å². The van der Waals surface area contributed by atoms with Crippen molar-refractivity contribution in [3.05, 3.63) is 34.9 Å². The number of carbonyl (C=O) groups excluding carboxylic acids is 1. The first kappa shape index (κ1) is 17.6. The van der Waals surface area contributed by atoms with Crippen molar-refractivity contribution < 1.29 is 23.1 Å². The van der Waals surface area contributed by atoms with Gasteiger partial charge in [0.15, 0.2) is 5.82 Å². The number of anilines is 1. The van der Waals surface area contributed by atoms with E-state index in [4.69, 9.17) is 0 Å². The van der Waals surface area contributed by atoms with Crippen LogP contribution in [0.15, 0.2) is 18.2 Å². The molecule has 2 N–H and O–H groups in total. The largest absolute Gasteiger partial charge is 0.507 e. The number of rotatable bonds is 2. The van der Waals surface area contributed by atoms with Crippen molar-refractivity contribution in [2.75, 3.05) is 18.0 Å². The maximum Gasteiger partial charge on any atom is 0.416 e. The molecule has 4 rings (SSSR count). The summed E-state index contributed by atoms with van der Waals surface area (Å²) in [7, 11) is 0. The Morgan fingerprint density at radius 2 is 2.07 bits per heavy atom. The van der Waals surface area contributed by atoms with Crippen LogP contribution in [0, 0.1) is 6.92 Å². The van der Waals surface area contributed by atoms with Gasteiger partial charge in [-0.15, -0.1) is 10.2 Å². The molecule has 0 spiro atoms. The zero-order chi connectivity index (χ0) is 19.3. The fourth-order valence-electron chi connectivity index (χ4n) is 3.76. The Morgan fingerprint density at radius 1 is 1.30 bits per heavy atom. The highest BCUT2D eigenvalue weighted by atomic mass is 19.4. The quantitative estimate of drug-likeness (QED) is 0.839. The van der Waals surface area contributed by atoms with Gasteiger partial charge < -0.3 is 15.3 Å². The summed E-state index contributed by atoms with van der Waals surface area (Å²) in [6.45, 7) is 3.06. The predicted molar refractivity (Wildman–Crippen MR) is 91.3 cm³/mol. The first-order valence-corrected chi connectivity index (χ1v) is 8.58. The molecule has 1 atom stereocenters. The Balaban J connectivity index is 1.72. The van der Waals surface area contributed by atoms with Gasteiger partial charge in [-0.2, -0.15) is 13.2 Å². The molecule has 2 aliphatic heterocycles. The van der Waals surface area contributed by atoms with Crippen molar-refractivity contribution in [3.8, 4) is 17.0 Å². The highest BCUT2D eigenvalue weighted by molar-refractivity contribution is 5.88. The summed E-state index contributed by atoms with van der Waals surface area (Å²) in [6, 6.07) is 2.54. The molecule has 1 fully saturated rings. The molecule has 0 unspecified atom stereocenters. The fourth-order valence-corrected chi connectivity index (χ4v) is 3.76. The summed E-state index contributed by atoms with van der Waals surface area (Å²) >= 11 is 0. The molecule has 1 saturated heterocycles. The minimum Gasteiger partial charge on any atom is -0.507 e. The Bertz CT molecular complexity index is 930. The van der Waals surface area contributed by atoms with Crippen LogP contribution in [-0.4, -0.2) is 40.3 Å². The van der Waals surface area contributed by atoms with Crippen molar-refractivity contribution in [2.24, 2.45) is 0 Å². The van der Waals surface area contributed by atoms with E-state index in [9.17, 15) is 23.1 Å². The van der Waals surface area contributed by atoms with Gasteiger partial charge in [-0.25, -0.2) is 0 Å². The van der Waals surface area contributed by atoms with Gasteiger partial charge >= 0.3 is 6.18 Å². The number of amides is 1. The number of nitrogens with zero attached hydrogens (tertiary/aromatic N) is 3. The number of phenolic OH excluding ortho intramolecular Hbond substituents is 1. The topological polar surface area (TPSA) is 78.4 Å². The zero-order valence-electron chi connectivity index (χ0n) is 14.5. The summed E-state index contributed by atoms with van der Waals surface area (Å²) in [5, 5.41) is 21.3. The maximum absolute atomic E-state index is 12.8. The highest BCUT2D eigenvalue weighted by Crippen LogP contribution is 2.39. The third-order valence-corrected chi connectivity index (χ3v) is 5.17. The van der Waals surface area contributed by atoms with Crippen LogP contribution in [0.2, 0.25) is 0 Å². The summed E-state index contributed by atoms with van der Waals surface area (Å²) in [5.74, 6) is 0.101. The van der Waals surface area contributed by atoms with Crippen LogP contribution < -0.4 is 10.2 Å². The smallest absolute Gasteiger partial charge is 0.416 e. The number of halogens is 3. The molecule has 0 aliphatic carbocycles. The van der Waals surface area contributed by atoms with Crippen LogP contribution in [0.5, 0.6) is 5.75 Å². The number of aromatic hydroxyl groups is 1. The Kier molecular flexibility index (Phi) is 3.97. The molecule has 0 radical (unpaired) electrons. The summed E-state index contributed by atoms with van der Waals surface area (Å²) in [6.07, 6.45) is -3.17. The van der Waals surface area contributed by atoms with E-state index in [0.29, 0.717) is 43.5 Å². The number of benzene rings is 1. The highest BCUT2D eigenvalue weighted by Gasteiger charge is 2.37. The second kappa shape index (κ2) is 6.11. The molecule has 3 heterocycles. The van der Waals surface area contributed by atoms with Gasteiger partial charge in [0.05, 0.1) is 11.3 Å². The first-order chi connectivity index (χ1) is 12.8. The van der Waals surface area contributed by atoms with Crippen LogP contribution in [0.1, 0.15) is 23.1 Å². The molecular formula is C18H17F3N4O2. The van der Waals surface area contributed by atoms with Gasteiger partial charge in [-0.05, 0) is 43.5 Å². The van der Waals surface area contributed by atoms with Crippen LogP contribution in [-0.2, 0) is 17.4 Å². The number of carbonyl (C=O) groups is 1. The van der Waals surface area contributed by atoms with E-state index in [1.54, 1.807) is 6.92 Å². The first-order valence-electron chi connectivity index (χ1n) is 8.58. The Hall–Kier alpha value is -2.84. The molecule has 2 aromatic rings. The summed E-state index contributed by atoms with van der Waals surface area (Å²) < 4.78 is 38.4. The molecule has 1 aromatic heterocycles. The standard InChI is InChI=1S/C18H17F3N4O2/c1-9-11-5-7-25(13-4-6-22-17(13)27)16(11)24-23-15(9)12-3-2-10(8-14(12)26)18(19,20)21/h2-3,8,13,26H,4-7H2,1H3,(H,22,27)/t13-/m0/s1. The Labute approximate surface area is 153 Å². The predicted octanol–water partition coefficient (Wildman–Crippen LogP) is 2.43. The number of fused-ring (bicyclic) bond motifs is 1. The second-order valence-corrected chi connectivity index (χ2v) is 6.74. The van der Waals surface area contributed by atoms with Crippen LogP contribution >= 0.6 is 0 Å². The molecule has 2 aliphatic rings. The minimum absolute atomic E-state index is 0.0354. The lowest BCUT2D eigenvalue weighted by Gasteiger charge is -2.23. The third kappa shape index (κ3) is 2.87. The number of alkyl halides is 3. The van der Waals surface area contributed by atoms with Crippen LogP contribution in [0.25, 0.3) is 11.3 Å². The molecular weight excluding hydrogens is 361 g/mol. The number of hydrogen-bond acceptors (Lipinski definition) is 5. The fraction of sp³-hybridized carbons (Fsp3) is 0.389. The average Bonchev–Trinajstić information content (AvgIpc) is 3.21. The molecule has 9 heteroatoms. The Morgan fingerprint density at radius 3 is 2.70 bits per heavy atom. The molecule has 142 valence electrons. The van der Waals surface area contributed by atoms with Crippen LogP contribution in [0.4, 0.5) is 19.0 Å². The van der Waals surface area contributed by atoms with Gasteiger partial charge in [-0.1, -0.05) is 0 Å². The van der Waals surface area contributed by atoms with E-state index in [-0.39, 0.29) is 17.5 Å². The van der Waals surface area contributed by atoms with Crippen molar-refractivity contribution >= 4 is 11.7 Å². The van der Waals surface area contributed by atoms with E-state index >= 15 is 0 Å². The monoisotopic (exact) mass is 378 g/mol. The third-order valence-electron chi connectivity index (χ3n) is 5.17. The second-order valence-electron chi connectivity index (χ2n) is 6.74. The van der Waals surface area contributed by atoms with Crippen molar-refractivity contribution in [2.45, 2.75) is 32.0 Å². The lowest BCUT2D eigenvalue weighted by molar-refractivity contribution is -0.137. The number of aromatic nitrogens is 2. The van der Waals surface area contributed by atoms with E-state index in [2.05, 4.69) is 15.5 Å². The SMILES string of the molecule is Cc1c(-c2ccc(C(F)(F)F)cc2O)nnc2c1CCN2[C@H]1CCNC1=O. The maximum atomic E-state index is 12.8. The summed E-state index contributed by atoms with van der Waals surface area (Å²) in [5.41, 5.74) is 1.27. The number of nitrogens with one attached hydrogen (secondary N) is 1. The van der Waals surface area contributed by atoms with Crippen LogP contribution in [0.3, 0.4) is 0 Å².